The molecule has 0 N–H and O–H groups in total. The highest BCUT2D eigenvalue weighted by molar-refractivity contribution is 5.60. The van der Waals surface area contributed by atoms with E-state index < -0.39 is 0 Å². The Morgan fingerprint density at radius 2 is 2.16 bits per heavy atom. The van der Waals surface area contributed by atoms with Gasteiger partial charge in [-0.25, -0.2) is 0 Å². The molecule has 5 heteroatoms. The second-order valence-corrected chi connectivity index (χ2v) is 5.64. The fourth-order valence-corrected chi connectivity index (χ4v) is 3.26. The zero-order chi connectivity index (χ0) is 13.5. The van der Waals surface area contributed by atoms with Crippen LogP contribution in [0, 0.1) is 15.5 Å². The summed E-state index contributed by atoms with van der Waals surface area (Å²) >= 11 is 0. The number of ether oxygens (including phenoxy) is 1. The maximum atomic E-state index is 11.0. The lowest BCUT2D eigenvalue weighted by Gasteiger charge is -2.38. The normalized spacial score (nSPS) is 20.4. The van der Waals surface area contributed by atoms with Gasteiger partial charge in [-0.15, -0.1) is 0 Å². The number of nitro benzene ring substituents is 1. The minimum absolute atomic E-state index is 0.0505. The molecule has 0 radical (unpaired) electrons. The van der Waals surface area contributed by atoms with Crippen LogP contribution in [0.2, 0.25) is 0 Å². The number of nitrogens with zero attached hydrogens (tertiary/aromatic N) is 2. The second kappa shape index (κ2) is 4.40. The van der Waals surface area contributed by atoms with Crippen molar-refractivity contribution in [3.8, 4) is 5.75 Å². The summed E-state index contributed by atoms with van der Waals surface area (Å²) in [4.78, 5) is 12.9. The molecular weight excluding hydrogens is 244 g/mol. The van der Waals surface area contributed by atoms with Gasteiger partial charge >= 0.3 is 5.69 Å². The first-order chi connectivity index (χ1) is 9.13. The number of hydrogen-bond donors (Lipinski definition) is 0. The minimum Gasteiger partial charge on any atom is -0.490 e. The van der Waals surface area contributed by atoms with Gasteiger partial charge in [0.1, 0.15) is 0 Å². The second-order valence-electron chi connectivity index (χ2n) is 5.64. The SMILES string of the molecule is COc1ccc(N2CCC3(CCC3)C2)cc1[N+](=O)[O-]. The van der Waals surface area contributed by atoms with Crippen LogP contribution in [0.3, 0.4) is 0 Å². The van der Waals surface area contributed by atoms with Gasteiger partial charge in [-0.1, -0.05) is 6.42 Å². The fourth-order valence-electron chi connectivity index (χ4n) is 3.26. The van der Waals surface area contributed by atoms with E-state index in [-0.39, 0.29) is 10.6 Å². The van der Waals surface area contributed by atoms with E-state index in [0.717, 1.165) is 18.8 Å². The molecule has 1 aliphatic heterocycles. The van der Waals surface area contributed by atoms with Crippen LogP contribution in [0.25, 0.3) is 0 Å². The fraction of sp³-hybridized carbons (Fsp3) is 0.571. The highest BCUT2D eigenvalue weighted by Crippen LogP contribution is 2.49. The molecule has 0 atom stereocenters. The highest BCUT2D eigenvalue weighted by Gasteiger charge is 2.42. The van der Waals surface area contributed by atoms with Gasteiger partial charge in [0.2, 0.25) is 0 Å². The Bertz CT molecular complexity index is 511. The molecule has 3 rings (SSSR count). The van der Waals surface area contributed by atoms with Gasteiger partial charge in [-0.3, -0.25) is 10.1 Å². The molecule has 1 saturated heterocycles. The van der Waals surface area contributed by atoms with Crippen LogP contribution in [0.15, 0.2) is 18.2 Å². The Morgan fingerprint density at radius 3 is 2.68 bits per heavy atom. The average Bonchev–Trinajstić information content (AvgIpc) is 2.83. The first-order valence-electron chi connectivity index (χ1n) is 6.71. The quantitative estimate of drug-likeness (QED) is 0.620. The molecule has 0 unspecified atom stereocenters. The standard InChI is InChI=1S/C14H18N2O3/c1-19-13-4-3-11(9-12(13)16(17)18)15-8-7-14(10-15)5-2-6-14/h3-4,9H,2,5-8,10H2,1H3. The predicted molar refractivity (Wildman–Crippen MR) is 72.8 cm³/mol. The molecule has 5 nitrogen and oxygen atoms in total. The van der Waals surface area contributed by atoms with E-state index >= 15 is 0 Å². The number of anilines is 1. The zero-order valence-corrected chi connectivity index (χ0v) is 11.1. The molecule has 1 saturated carbocycles. The van der Waals surface area contributed by atoms with E-state index in [1.165, 1.54) is 32.8 Å². The van der Waals surface area contributed by atoms with Crippen molar-refractivity contribution in [1.82, 2.24) is 0 Å². The molecule has 0 bridgehead atoms. The van der Waals surface area contributed by atoms with Gasteiger partial charge in [0, 0.05) is 24.8 Å². The van der Waals surface area contributed by atoms with Crippen LogP contribution in [-0.2, 0) is 0 Å². The summed E-state index contributed by atoms with van der Waals surface area (Å²) in [5.74, 6) is 0.325. The maximum absolute atomic E-state index is 11.0. The third-order valence-electron chi connectivity index (χ3n) is 4.58. The molecule has 1 heterocycles. The van der Waals surface area contributed by atoms with E-state index in [9.17, 15) is 10.1 Å². The predicted octanol–water partition coefficient (Wildman–Crippen LogP) is 2.98. The lowest BCUT2D eigenvalue weighted by molar-refractivity contribution is -0.385. The van der Waals surface area contributed by atoms with Crippen molar-refractivity contribution in [2.45, 2.75) is 25.7 Å². The topological polar surface area (TPSA) is 55.6 Å². The van der Waals surface area contributed by atoms with Gasteiger partial charge in [0.25, 0.3) is 0 Å². The molecule has 2 aliphatic rings. The third kappa shape index (κ3) is 2.03. The Morgan fingerprint density at radius 1 is 1.37 bits per heavy atom. The van der Waals surface area contributed by atoms with Gasteiger partial charge in [0.05, 0.1) is 12.0 Å². The lowest BCUT2D eigenvalue weighted by atomic mass is 9.68. The van der Waals surface area contributed by atoms with E-state index in [4.69, 9.17) is 4.74 Å². The summed E-state index contributed by atoms with van der Waals surface area (Å²) in [5, 5.41) is 11.0. The summed E-state index contributed by atoms with van der Waals surface area (Å²) in [6.45, 7) is 2.04. The summed E-state index contributed by atoms with van der Waals surface area (Å²) < 4.78 is 5.04. The van der Waals surface area contributed by atoms with Crippen LogP contribution < -0.4 is 9.64 Å². The third-order valence-corrected chi connectivity index (χ3v) is 4.58. The summed E-state index contributed by atoms with van der Waals surface area (Å²) in [6.07, 6.45) is 5.16. The number of methoxy groups -OCH3 is 1. The average molecular weight is 262 g/mol. The van der Waals surface area contributed by atoms with Gasteiger partial charge in [-0.2, -0.15) is 0 Å². The minimum atomic E-state index is -0.377. The smallest absolute Gasteiger partial charge is 0.312 e. The highest BCUT2D eigenvalue weighted by atomic mass is 16.6. The Balaban J connectivity index is 1.85. The van der Waals surface area contributed by atoms with Crippen LogP contribution in [0.4, 0.5) is 11.4 Å². The van der Waals surface area contributed by atoms with E-state index in [1.54, 1.807) is 12.1 Å². The largest absolute Gasteiger partial charge is 0.490 e. The van der Waals surface area contributed by atoms with Gasteiger partial charge in [0.15, 0.2) is 5.75 Å². The Labute approximate surface area is 112 Å². The van der Waals surface area contributed by atoms with E-state index in [2.05, 4.69) is 4.90 Å². The molecule has 1 spiro atoms. The van der Waals surface area contributed by atoms with E-state index in [0.29, 0.717) is 11.2 Å². The molecular formula is C14H18N2O3. The van der Waals surface area contributed by atoms with Crippen molar-refractivity contribution >= 4 is 11.4 Å². The monoisotopic (exact) mass is 262 g/mol. The van der Waals surface area contributed by atoms with E-state index in [1.807, 2.05) is 6.07 Å². The molecule has 19 heavy (non-hydrogen) atoms. The number of benzene rings is 1. The van der Waals surface area contributed by atoms with Crippen LogP contribution in [0.1, 0.15) is 25.7 Å². The lowest BCUT2D eigenvalue weighted by Crippen LogP contribution is -2.33. The van der Waals surface area contributed by atoms with Gasteiger partial charge in [-0.05, 0) is 36.8 Å². The van der Waals surface area contributed by atoms with Crippen molar-refractivity contribution in [2.75, 3.05) is 25.1 Å². The number of hydrogen-bond acceptors (Lipinski definition) is 4. The first-order valence-corrected chi connectivity index (χ1v) is 6.71. The molecule has 1 aliphatic carbocycles. The molecule has 1 aromatic rings. The molecule has 1 aromatic carbocycles. The molecule has 0 amide bonds. The molecule has 2 fully saturated rings. The number of rotatable bonds is 3. The molecule has 102 valence electrons. The Kier molecular flexibility index (Phi) is 2.84. The summed E-state index contributed by atoms with van der Waals surface area (Å²) in [7, 11) is 1.46. The van der Waals surface area contributed by atoms with Crippen LogP contribution in [0.5, 0.6) is 5.75 Å². The first kappa shape index (κ1) is 12.3. The van der Waals surface area contributed by atoms with Crippen LogP contribution in [-0.4, -0.2) is 25.1 Å². The van der Waals surface area contributed by atoms with Crippen molar-refractivity contribution < 1.29 is 9.66 Å². The summed E-state index contributed by atoms with van der Waals surface area (Å²) in [5.41, 5.74) is 1.49. The van der Waals surface area contributed by atoms with Crippen molar-refractivity contribution in [3.63, 3.8) is 0 Å². The number of nitro groups is 1. The van der Waals surface area contributed by atoms with Gasteiger partial charge < -0.3 is 9.64 Å². The van der Waals surface area contributed by atoms with Crippen molar-refractivity contribution in [1.29, 1.82) is 0 Å². The maximum Gasteiger partial charge on any atom is 0.312 e. The van der Waals surface area contributed by atoms with Crippen LogP contribution >= 0.6 is 0 Å². The zero-order valence-electron chi connectivity index (χ0n) is 11.1. The Hall–Kier alpha value is -1.78. The van der Waals surface area contributed by atoms with Crippen molar-refractivity contribution in [2.24, 2.45) is 5.41 Å². The summed E-state index contributed by atoms with van der Waals surface area (Å²) in [6, 6.07) is 5.25. The molecule has 0 aromatic heterocycles. The van der Waals surface area contributed by atoms with Crippen molar-refractivity contribution in [3.05, 3.63) is 28.3 Å².